The van der Waals surface area contributed by atoms with Crippen LogP contribution in [0.3, 0.4) is 0 Å². The van der Waals surface area contributed by atoms with Gasteiger partial charge >= 0.3 is 0 Å². The lowest BCUT2D eigenvalue weighted by atomic mass is 9.86. The minimum absolute atomic E-state index is 0.426. The fraction of sp³-hybridized carbons (Fsp3) is 1.00. The van der Waals surface area contributed by atoms with Crippen LogP contribution in [0, 0.1) is 5.41 Å². The highest BCUT2D eigenvalue weighted by Crippen LogP contribution is 2.24. The molecule has 0 radical (unpaired) electrons. The van der Waals surface area contributed by atoms with Crippen LogP contribution in [0.2, 0.25) is 0 Å². The van der Waals surface area contributed by atoms with Crippen LogP contribution in [0.4, 0.5) is 0 Å². The molecule has 0 amide bonds. The Kier molecular flexibility index (Phi) is 7.25. The molecular weight excluding hydrogens is 222 g/mol. The van der Waals surface area contributed by atoms with E-state index in [9.17, 15) is 0 Å². The molecule has 2 nitrogen and oxygen atoms in total. The fourth-order valence-electron chi connectivity index (χ4n) is 2.83. The highest BCUT2D eigenvalue weighted by molar-refractivity contribution is 4.75. The summed E-state index contributed by atoms with van der Waals surface area (Å²) in [5.41, 5.74) is 0.426. The summed E-state index contributed by atoms with van der Waals surface area (Å²) < 4.78 is 5.70. The van der Waals surface area contributed by atoms with Crippen molar-refractivity contribution in [2.45, 2.75) is 84.8 Å². The first kappa shape index (κ1) is 16.0. The average Bonchev–Trinajstić information content (AvgIpc) is 2.76. The maximum absolute atomic E-state index is 5.70. The van der Waals surface area contributed by atoms with E-state index in [2.05, 4.69) is 33.0 Å². The average molecular weight is 255 g/mol. The summed E-state index contributed by atoms with van der Waals surface area (Å²) >= 11 is 0. The van der Waals surface area contributed by atoms with Crippen molar-refractivity contribution in [1.82, 2.24) is 5.32 Å². The second-order valence-electron chi connectivity index (χ2n) is 6.98. The zero-order chi connectivity index (χ0) is 13.4. The number of rotatable bonds is 8. The first-order valence-electron chi connectivity index (χ1n) is 7.86. The van der Waals surface area contributed by atoms with Gasteiger partial charge in [0.15, 0.2) is 0 Å². The second-order valence-corrected chi connectivity index (χ2v) is 6.98. The summed E-state index contributed by atoms with van der Waals surface area (Å²) in [6, 6.07) is 0.686. The number of hydrogen-bond acceptors (Lipinski definition) is 2. The van der Waals surface area contributed by atoms with E-state index in [0.717, 1.165) is 13.2 Å². The van der Waals surface area contributed by atoms with E-state index in [1.165, 1.54) is 44.9 Å². The summed E-state index contributed by atoms with van der Waals surface area (Å²) in [6.07, 6.45) is 9.49. The van der Waals surface area contributed by atoms with Gasteiger partial charge in [0.2, 0.25) is 0 Å². The SMILES string of the molecule is CCCNC(CCCC1CCCO1)CC(C)(C)C. The highest BCUT2D eigenvalue weighted by Gasteiger charge is 2.19. The van der Waals surface area contributed by atoms with Gasteiger partial charge in [-0.05, 0) is 56.9 Å². The fourth-order valence-corrected chi connectivity index (χ4v) is 2.83. The Labute approximate surface area is 114 Å². The monoisotopic (exact) mass is 255 g/mol. The topological polar surface area (TPSA) is 21.3 Å². The van der Waals surface area contributed by atoms with Crippen LogP contribution in [0.1, 0.15) is 72.6 Å². The lowest BCUT2D eigenvalue weighted by Gasteiger charge is -2.27. The summed E-state index contributed by atoms with van der Waals surface area (Å²) in [5, 5.41) is 3.71. The Bertz CT molecular complexity index is 204. The Morgan fingerprint density at radius 2 is 2.11 bits per heavy atom. The van der Waals surface area contributed by atoms with E-state index >= 15 is 0 Å². The maximum atomic E-state index is 5.70. The van der Waals surface area contributed by atoms with Gasteiger partial charge in [0.05, 0.1) is 6.10 Å². The summed E-state index contributed by atoms with van der Waals surface area (Å²) in [6.45, 7) is 11.4. The molecule has 1 aliphatic rings. The van der Waals surface area contributed by atoms with Gasteiger partial charge < -0.3 is 10.1 Å². The molecule has 1 aliphatic heterocycles. The van der Waals surface area contributed by atoms with Gasteiger partial charge in [0.1, 0.15) is 0 Å². The molecule has 2 atom stereocenters. The number of hydrogen-bond donors (Lipinski definition) is 1. The van der Waals surface area contributed by atoms with Crippen LogP contribution in [-0.4, -0.2) is 25.3 Å². The molecule has 0 saturated carbocycles. The van der Waals surface area contributed by atoms with Crippen molar-refractivity contribution in [3.63, 3.8) is 0 Å². The summed E-state index contributed by atoms with van der Waals surface area (Å²) in [4.78, 5) is 0. The van der Waals surface area contributed by atoms with Crippen molar-refractivity contribution < 1.29 is 4.74 Å². The van der Waals surface area contributed by atoms with Gasteiger partial charge in [-0.25, -0.2) is 0 Å². The van der Waals surface area contributed by atoms with E-state index in [1.54, 1.807) is 0 Å². The number of ether oxygens (including phenoxy) is 1. The molecule has 0 aromatic rings. The van der Waals surface area contributed by atoms with Crippen LogP contribution >= 0.6 is 0 Å². The Morgan fingerprint density at radius 3 is 2.67 bits per heavy atom. The van der Waals surface area contributed by atoms with Gasteiger partial charge in [-0.3, -0.25) is 0 Å². The molecular formula is C16H33NO. The van der Waals surface area contributed by atoms with Gasteiger partial charge in [-0.2, -0.15) is 0 Å². The lowest BCUT2D eigenvalue weighted by molar-refractivity contribution is 0.101. The maximum Gasteiger partial charge on any atom is 0.0576 e. The first-order chi connectivity index (χ1) is 8.51. The smallest absolute Gasteiger partial charge is 0.0576 e. The van der Waals surface area contributed by atoms with Gasteiger partial charge in [0.25, 0.3) is 0 Å². The zero-order valence-corrected chi connectivity index (χ0v) is 12.9. The van der Waals surface area contributed by atoms with Crippen molar-refractivity contribution in [2.24, 2.45) is 5.41 Å². The molecule has 1 heterocycles. The predicted molar refractivity (Wildman–Crippen MR) is 79.0 cm³/mol. The third kappa shape index (κ3) is 7.38. The largest absolute Gasteiger partial charge is 0.378 e. The molecule has 0 aromatic heterocycles. The molecule has 0 aromatic carbocycles. The van der Waals surface area contributed by atoms with Crippen LogP contribution in [-0.2, 0) is 4.74 Å². The molecule has 1 rings (SSSR count). The molecule has 2 unspecified atom stereocenters. The van der Waals surface area contributed by atoms with Gasteiger partial charge in [0, 0.05) is 12.6 Å². The lowest BCUT2D eigenvalue weighted by Crippen LogP contribution is -2.33. The minimum atomic E-state index is 0.426. The Morgan fingerprint density at radius 1 is 1.33 bits per heavy atom. The molecule has 1 fully saturated rings. The van der Waals surface area contributed by atoms with E-state index in [1.807, 2.05) is 0 Å². The van der Waals surface area contributed by atoms with Crippen molar-refractivity contribution in [1.29, 1.82) is 0 Å². The third-order valence-electron chi connectivity index (χ3n) is 3.64. The minimum Gasteiger partial charge on any atom is -0.378 e. The van der Waals surface area contributed by atoms with E-state index < -0.39 is 0 Å². The Balaban J connectivity index is 2.21. The summed E-state index contributed by atoms with van der Waals surface area (Å²) in [7, 11) is 0. The van der Waals surface area contributed by atoms with Crippen LogP contribution in [0.25, 0.3) is 0 Å². The molecule has 2 heteroatoms. The molecule has 108 valence electrons. The quantitative estimate of drug-likeness (QED) is 0.704. The Hall–Kier alpha value is -0.0800. The van der Waals surface area contributed by atoms with Crippen molar-refractivity contribution in [3.8, 4) is 0 Å². The van der Waals surface area contributed by atoms with Crippen molar-refractivity contribution >= 4 is 0 Å². The van der Waals surface area contributed by atoms with E-state index in [4.69, 9.17) is 4.74 Å². The van der Waals surface area contributed by atoms with E-state index in [0.29, 0.717) is 17.6 Å². The first-order valence-corrected chi connectivity index (χ1v) is 7.86. The number of nitrogens with one attached hydrogen (secondary N) is 1. The molecule has 0 aliphatic carbocycles. The second kappa shape index (κ2) is 8.16. The molecule has 0 bridgehead atoms. The zero-order valence-electron chi connectivity index (χ0n) is 12.9. The van der Waals surface area contributed by atoms with Crippen LogP contribution in [0.15, 0.2) is 0 Å². The van der Waals surface area contributed by atoms with Gasteiger partial charge in [-0.15, -0.1) is 0 Å². The van der Waals surface area contributed by atoms with E-state index in [-0.39, 0.29) is 0 Å². The third-order valence-corrected chi connectivity index (χ3v) is 3.64. The van der Waals surface area contributed by atoms with Crippen LogP contribution < -0.4 is 5.32 Å². The van der Waals surface area contributed by atoms with Gasteiger partial charge in [-0.1, -0.05) is 27.7 Å². The van der Waals surface area contributed by atoms with Crippen molar-refractivity contribution in [3.05, 3.63) is 0 Å². The molecule has 1 saturated heterocycles. The molecule has 1 N–H and O–H groups in total. The standard InChI is InChI=1S/C16H33NO/c1-5-11-17-14(13-16(2,3)4)8-6-9-15-10-7-12-18-15/h14-15,17H,5-13H2,1-4H3. The van der Waals surface area contributed by atoms with Crippen LogP contribution in [0.5, 0.6) is 0 Å². The molecule has 0 spiro atoms. The highest BCUT2D eigenvalue weighted by atomic mass is 16.5. The normalized spacial score (nSPS) is 22.3. The predicted octanol–water partition coefficient (Wildman–Crippen LogP) is 4.14. The molecule has 18 heavy (non-hydrogen) atoms. The van der Waals surface area contributed by atoms with Crippen molar-refractivity contribution in [2.75, 3.05) is 13.2 Å². The summed E-state index contributed by atoms with van der Waals surface area (Å²) in [5.74, 6) is 0.